The van der Waals surface area contributed by atoms with Crippen molar-refractivity contribution in [3.8, 4) is 5.75 Å². The largest absolute Gasteiger partial charge is 0.496 e. The quantitative estimate of drug-likeness (QED) is 0.403. The first kappa shape index (κ1) is 24.9. The van der Waals surface area contributed by atoms with Crippen LogP contribution in [0.1, 0.15) is 49.3 Å². The zero-order valence-corrected chi connectivity index (χ0v) is 20.2. The lowest BCUT2D eigenvalue weighted by Crippen LogP contribution is -2.44. The monoisotopic (exact) mass is 482 g/mol. The molecule has 3 amide bonds. The fourth-order valence-electron chi connectivity index (χ4n) is 5.33. The summed E-state index contributed by atoms with van der Waals surface area (Å²) in [6, 6.07) is 13.1. The van der Waals surface area contributed by atoms with Crippen LogP contribution in [-0.2, 0) is 24.5 Å². The molecule has 2 saturated heterocycles. The summed E-state index contributed by atoms with van der Waals surface area (Å²) >= 11 is 0. The maximum atomic E-state index is 13.8. The molecule has 2 fully saturated rings. The molecule has 4 rings (SSSR count). The number of hydrogen-bond acceptors (Lipinski definition) is 5. The van der Waals surface area contributed by atoms with Gasteiger partial charge in [-0.1, -0.05) is 30.3 Å². The van der Waals surface area contributed by atoms with Gasteiger partial charge >= 0.3 is 0 Å². The number of para-hydroxylation sites is 1. The number of ether oxygens (including phenoxy) is 2. The van der Waals surface area contributed by atoms with Gasteiger partial charge < -0.3 is 14.4 Å². The van der Waals surface area contributed by atoms with Crippen molar-refractivity contribution in [2.24, 2.45) is 0 Å². The van der Waals surface area contributed by atoms with Crippen molar-refractivity contribution >= 4 is 17.7 Å². The number of hydrogen-bond donors (Lipinski definition) is 0. The van der Waals surface area contributed by atoms with Gasteiger partial charge in [-0.2, -0.15) is 0 Å². The van der Waals surface area contributed by atoms with Crippen LogP contribution < -0.4 is 4.74 Å². The van der Waals surface area contributed by atoms with Gasteiger partial charge in [0.15, 0.2) is 0 Å². The Morgan fingerprint density at radius 2 is 1.86 bits per heavy atom. The third-order valence-corrected chi connectivity index (χ3v) is 7.04. The van der Waals surface area contributed by atoms with Crippen LogP contribution in [0.15, 0.2) is 48.5 Å². The molecule has 2 aromatic rings. The fraction of sp³-hybridized carbons (Fsp3) is 0.444. The molecule has 35 heavy (non-hydrogen) atoms. The molecule has 0 saturated carbocycles. The predicted octanol–water partition coefficient (Wildman–Crippen LogP) is 3.62. The summed E-state index contributed by atoms with van der Waals surface area (Å²) in [5.41, 5.74) is 0.0589. The lowest BCUT2D eigenvalue weighted by Gasteiger charge is -2.32. The second-order valence-corrected chi connectivity index (χ2v) is 9.13. The van der Waals surface area contributed by atoms with Crippen LogP contribution in [0, 0.1) is 5.82 Å². The summed E-state index contributed by atoms with van der Waals surface area (Å²) in [7, 11) is 3.08. The van der Waals surface area contributed by atoms with Crippen molar-refractivity contribution in [1.82, 2.24) is 9.80 Å². The van der Waals surface area contributed by atoms with Gasteiger partial charge in [-0.05, 0) is 43.0 Å². The molecule has 2 aliphatic heterocycles. The average Bonchev–Trinajstić information content (AvgIpc) is 3.44. The van der Waals surface area contributed by atoms with Crippen molar-refractivity contribution in [2.75, 3.05) is 33.9 Å². The molecule has 0 aliphatic carbocycles. The second kappa shape index (κ2) is 10.6. The summed E-state index contributed by atoms with van der Waals surface area (Å²) < 4.78 is 24.1. The van der Waals surface area contributed by atoms with E-state index < -0.39 is 5.41 Å². The molecule has 2 unspecified atom stereocenters. The first-order valence-electron chi connectivity index (χ1n) is 11.9. The smallest absolute Gasteiger partial charge is 0.241 e. The van der Waals surface area contributed by atoms with Crippen molar-refractivity contribution in [3.63, 3.8) is 0 Å². The molecule has 0 spiro atoms. The first-order chi connectivity index (χ1) is 16.9. The number of likely N-dealkylation sites (tertiary alicyclic amines) is 2. The molecule has 2 atom stereocenters. The van der Waals surface area contributed by atoms with E-state index in [2.05, 4.69) is 0 Å². The highest BCUT2D eigenvalue weighted by molar-refractivity contribution is 6.11. The van der Waals surface area contributed by atoms with Crippen LogP contribution in [-0.4, -0.2) is 61.4 Å². The lowest BCUT2D eigenvalue weighted by atomic mass is 9.75. The van der Waals surface area contributed by atoms with Gasteiger partial charge in [-0.25, -0.2) is 4.39 Å². The van der Waals surface area contributed by atoms with Gasteiger partial charge in [0, 0.05) is 45.2 Å². The van der Waals surface area contributed by atoms with Gasteiger partial charge in [0.2, 0.25) is 17.7 Å². The summed E-state index contributed by atoms with van der Waals surface area (Å²) in [6.45, 7) is 1.20. The van der Waals surface area contributed by atoms with Gasteiger partial charge in [0.1, 0.15) is 11.6 Å². The average molecular weight is 483 g/mol. The van der Waals surface area contributed by atoms with Crippen LogP contribution in [0.4, 0.5) is 4.39 Å². The van der Waals surface area contributed by atoms with Gasteiger partial charge in [-0.15, -0.1) is 0 Å². The molecular weight excluding hydrogens is 451 g/mol. The van der Waals surface area contributed by atoms with Gasteiger partial charge in [0.05, 0.1) is 18.6 Å². The number of imide groups is 1. The molecule has 186 valence electrons. The molecule has 0 bridgehead atoms. The normalized spacial score (nSPS) is 22.2. The number of benzene rings is 2. The molecule has 0 N–H and O–H groups in total. The Morgan fingerprint density at radius 1 is 1.11 bits per heavy atom. The van der Waals surface area contributed by atoms with Gasteiger partial charge in [0.25, 0.3) is 0 Å². The van der Waals surface area contributed by atoms with E-state index in [0.29, 0.717) is 30.9 Å². The maximum absolute atomic E-state index is 13.8. The highest BCUT2D eigenvalue weighted by Crippen LogP contribution is 2.45. The summed E-state index contributed by atoms with van der Waals surface area (Å²) in [5.74, 6) is -0.752. The molecular formula is C27H31FN2O5. The van der Waals surface area contributed by atoms with Crippen LogP contribution >= 0.6 is 0 Å². The van der Waals surface area contributed by atoms with E-state index in [1.54, 1.807) is 48.4 Å². The molecule has 2 aliphatic rings. The van der Waals surface area contributed by atoms with E-state index in [1.807, 2.05) is 0 Å². The third kappa shape index (κ3) is 4.80. The molecule has 2 aromatic carbocycles. The second-order valence-electron chi connectivity index (χ2n) is 9.13. The Labute approximate surface area is 204 Å². The SMILES string of the molecule is COCCCN1C(=O)CC(CC(=O)N2CCCC2c2ccc(F)cc2)(c2ccccc2OC)C1=O. The molecule has 8 heteroatoms. The summed E-state index contributed by atoms with van der Waals surface area (Å²) in [5, 5.41) is 0. The van der Waals surface area contributed by atoms with E-state index in [0.717, 1.165) is 18.4 Å². The Balaban J connectivity index is 1.67. The lowest BCUT2D eigenvalue weighted by molar-refractivity contribution is -0.143. The van der Waals surface area contributed by atoms with Crippen LogP contribution in [0.5, 0.6) is 5.75 Å². The standard InChI is InChI=1S/C27H31FN2O5/c1-34-16-6-15-30-25(32)18-27(26(30)33,21-7-3-4-9-23(21)35-2)17-24(31)29-14-5-8-22(29)19-10-12-20(28)13-11-19/h3-4,7,9-13,22H,5-6,8,14-18H2,1-2H3. The Morgan fingerprint density at radius 3 is 2.57 bits per heavy atom. The maximum Gasteiger partial charge on any atom is 0.241 e. The van der Waals surface area contributed by atoms with E-state index in [-0.39, 0.29) is 49.0 Å². The highest BCUT2D eigenvalue weighted by atomic mass is 19.1. The number of amides is 3. The van der Waals surface area contributed by atoms with E-state index >= 15 is 0 Å². The number of methoxy groups -OCH3 is 2. The highest BCUT2D eigenvalue weighted by Gasteiger charge is 2.55. The van der Waals surface area contributed by atoms with Gasteiger partial charge in [-0.3, -0.25) is 19.3 Å². The summed E-state index contributed by atoms with van der Waals surface area (Å²) in [4.78, 5) is 43.7. The first-order valence-corrected chi connectivity index (χ1v) is 11.9. The van der Waals surface area contributed by atoms with Crippen molar-refractivity contribution in [1.29, 1.82) is 0 Å². The van der Waals surface area contributed by atoms with Crippen molar-refractivity contribution < 1.29 is 28.2 Å². The summed E-state index contributed by atoms with van der Waals surface area (Å²) in [6.07, 6.45) is 1.85. The number of nitrogens with zero attached hydrogens (tertiary/aromatic N) is 2. The molecule has 2 heterocycles. The minimum atomic E-state index is -1.34. The Kier molecular flexibility index (Phi) is 7.50. The Bertz CT molecular complexity index is 1090. The zero-order valence-electron chi connectivity index (χ0n) is 20.2. The number of rotatable bonds is 9. The zero-order chi connectivity index (χ0) is 25.0. The molecule has 0 radical (unpaired) electrons. The van der Waals surface area contributed by atoms with Crippen LogP contribution in [0.25, 0.3) is 0 Å². The van der Waals surface area contributed by atoms with Crippen LogP contribution in [0.3, 0.4) is 0 Å². The minimum Gasteiger partial charge on any atom is -0.496 e. The predicted molar refractivity (Wildman–Crippen MR) is 127 cm³/mol. The Hall–Kier alpha value is -3.26. The topological polar surface area (TPSA) is 76.2 Å². The van der Waals surface area contributed by atoms with Crippen molar-refractivity contribution in [2.45, 2.75) is 43.6 Å². The van der Waals surface area contributed by atoms with E-state index in [1.165, 1.54) is 24.1 Å². The molecule has 0 aromatic heterocycles. The van der Waals surface area contributed by atoms with E-state index in [4.69, 9.17) is 9.47 Å². The van der Waals surface area contributed by atoms with E-state index in [9.17, 15) is 18.8 Å². The fourth-order valence-corrected chi connectivity index (χ4v) is 5.33. The third-order valence-electron chi connectivity index (χ3n) is 7.04. The number of carbonyl (C=O) groups excluding carboxylic acids is 3. The van der Waals surface area contributed by atoms with Crippen molar-refractivity contribution in [3.05, 3.63) is 65.5 Å². The minimum absolute atomic E-state index is 0.0972. The molecule has 7 nitrogen and oxygen atoms in total. The van der Waals surface area contributed by atoms with Crippen LogP contribution in [0.2, 0.25) is 0 Å². The number of carbonyl (C=O) groups is 3. The number of halogens is 1.